The number of halogens is 3. The molecule has 31 heavy (non-hydrogen) atoms. The van der Waals surface area contributed by atoms with E-state index in [1.807, 2.05) is 0 Å². The van der Waals surface area contributed by atoms with E-state index in [1.165, 1.54) is 30.3 Å². The van der Waals surface area contributed by atoms with Crippen molar-refractivity contribution in [1.29, 1.82) is 0 Å². The first-order valence-electron chi connectivity index (χ1n) is 10.0. The van der Waals surface area contributed by atoms with Crippen LogP contribution in [0.4, 0.5) is 10.1 Å². The summed E-state index contributed by atoms with van der Waals surface area (Å²) in [6.07, 6.45) is 2.35. The van der Waals surface area contributed by atoms with Crippen molar-refractivity contribution in [2.75, 3.05) is 5.32 Å². The number of carbonyl (C=O) groups is 1. The fourth-order valence-electron chi connectivity index (χ4n) is 4.84. The van der Waals surface area contributed by atoms with E-state index in [2.05, 4.69) is 5.32 Å². The number of anilines is 1. The minimum atomic E-state index is -3.80. The van der Waals surface area contributed by atoms with Crippen LogP contribution in [0.25, 0.3) is 0 Å². The lowest BCUT2D eigenvalue weighted by molar-refractivity contribution is -0.0413. The van der Waals surface area contributed by atoms with E-state index in [1.54, 1.807) is 6.92 Å². The molecule has 2 aromatic carbocycles. The van der Waals surface area contributed by atoms with Crippen LogP contribution in [0.15, 0.2) is 41.3 Å². The second-order valence-electron chi connectivity index (χ2n) is 8.56. The molecular weight excluding hydrogens is 464 g/mol. The highest BCUT2D eigenvalue weighted by molar-refractivity contribution is 7.92. The van der Waals surface area contributed by atoms with Crippen molar-refractivity contribution in [2.24, 2.45) is 11.8 Å². The zero-order valence-corrected chi connectivity index (χ0v) is 19.1. The molecule has 9 heteroatoms. The molecule has 0 heterocycles. The Balaban J connectivity index is 1.60. The van der Waals surface area contributed by atoms with Crippen LogP contribution in [0.3, 0.4) is 0 Å². The number of sulfone groups is 1. The van der Waals surface area contributed by atoms with Crippen molar-refractivity contribution in [3.63, 3.8) is 0 Å². The minimum absolute atomic E-state index is 0.0473. The first-order chi connectivity index (χ1) is 14.5. The lowest BCUT2D eigenvalue weighted by Crippen LogP contribution is -2.45. The lowest BCUT2D eigenvalue weighted by atomic mass is 9.76. The number of nitrogens with one attached hydrogen (secondary N) is 1. The van der Waals surface area contributed by atoms with Gasteiger partial charge in [0.1, 0.15) is 5.82 Å². The molecule has 166 valence electrons. The second kappa shape index (κ2) is 8.03. The minimum Gasteiger partial charge on any atom is -0.390 e. The van der Waals surface area contributed by atoms with Gasteiger partial charge in [0.25, 0.3) is 5.91 Å². The van der Waals surface area contributed by atoms with Gasteiger partial charge in [-0.25, -0.2) is 12.8 Å². The maximum absolute atomic E-state index is 13.4. The van der Waals surface area contributed by atoms with Crippen LogP contribution >= 0.6 is 23.2 Å². The summed E-state index contributed by atoms with van der Waals surface area (Å²) in [5.41, 5.74) is -0.454. The van der Waals surface area contributed by atoms with Crippen LogP contribution in [0.5, 0.6) is 0 Å². The van der Waals surface area contributed by atoms with E-state index in [-0.39, 0.29) is 38.0 Å². The van der Waals surface area contributed by atoms with E-state index in [4.69, 9.17) is 23.2 Å². The molecule has 2 aromatic rings. The van der Waals surface area contributed by atoms with E-state index < -0.39 is 32.4 Å². The second-order valence-corrected chi connectivity index (χ2v) is 11.6. The van der Waals surface area contributed by atoms with Gasteiger partial charge in [-0.2, -0.15) is 0 Å². The number of amides is 1. The average Bonchev–Trinajstić information content (AvgIpc) is 2.87. The van der Waals surface area contributed by atoms with Crippen LogP contribution in [-0.4, -0.2) is 30.3 Å². The fourth-order valence-corrected chi connectivity index (χ4v) is 7.42. The third kappa shape index (κ3) is 4.09. The van der Waals surface area contributed by atoms with Crippen molar-refractivity contribution in [2.45, 2.75) is 48.4 Å². The number of fused-ring (bicyclic) bond motifs is 2. The number of aliphatic hydroxyl groups is 1. The van der Waals surface area contributed by atoms with Crippen molar-refractivity contribution in [1.82, 2.24) is 0 Å². The Morgan fingerprint density at radius 1 is 1.10 bits per heavy atom. The Morgan fingerprint density at radius 3 is 2.35 bits per heavy atom. The van der Waals surface area contributed by atoms with E-state index in [9.17, 15) is 22.7 Å². The van der Waals surface area contributed by atoms with Crippen molar-refractivity contribution in [3.05, 3.63) is 57.8 Å². The van der Waals surface area contributed by atoms with Crippen molar-refractivity contribution >= 4 is 44.6 Å². The monoisotopic (exact) mass is 485 g/mol. The molecule has 2 aliphatic rings. The highest BCUT2D eigenvalue weighted by Gasteiger charge is 2.53. The molecule has 5 nitrogen and oxygen atoms in total. The molecule has 0 saturated heterocycles. The Kier molecular flexibility index (Phi) is 5.83. The molecule has 2 bridgehead atoms. The lowest BCUT2D eigenvalue weighted by Gasteiger charge is -2.40. The van der Waals surface area contributed by atoms with Gasteiger partial charge in [-0.1, -0.05) is 23.2 Å². The Labute approximate surface area is 190 Å². The Morgan fingerprint density at radius 2 is 1.74 bits per heavy atom. The van der Waals surface area contributed by atoms with Crippen molar-refractivity contribution in [3.8, 4) is 0 Å². The summed E-state index contributed by atoms with van der Waals surface area (Å²) < 4.78 is 40.1. The molecule has 3 unspecified atom stereocenters. The first-order valence-corrected chi connectivity index (χ1v) is 12.3. The van der Waals surface area contributed by atoms with Gasteiger partial charge in [0.15, 0.2) is 9.84 Å². The molecule has 2 N–H and O–H groups in total. The summed E-state index contributed by atoms with van der Waals surface area (Å²) in [5.74, 6) is -1.32. The van der Waals surface area contributed by atoms with Gasteiger partial charge >= 0.3 is 0 Å². The smallest absolute Gasteiger partial charge is 0.255 e. The maximum Gasteiger partial charge on any atom is 0.255 e. The first kappa shape index (κ1) is 22.5. The number of hydrogen-bond donors (Lipinski definition) is 2. The maximum atomic E-state index is 13.4. The number of benzene rings is 2. The predicted molar refractivity (Wildman–Crippen MR) is 118 cm³/mol. The zero-order valence-electron chi connectivity index (χ0n) is 16.7. The van der Waals surface area contributed by atoms with Crippen LogP contribution in [-0.2, 0) is 9.84 Å². The zero-order chi connectivity index (χ0) is 22.6. The van der Waals surface area contributed by atoms with Crippen LogP contribution in [0, 0.1) is 17.7 Å². The summed E-state index contributed by atoms with van der Waals surface area (Å²) in [6.45, 7) is 1.79. The number of rotatable bonds is 4. The molecule has 0 spiro atoms. The van der Waals surface area contributed by atoms with Crippen LogP contribution in [0.1, 0.15) is 43.0 Å². The molecule has 1 amide bonds. The molecule has 2 fully saturated rings. The van der Waals surface area contributed by atoms with E-state index in [0.29, 0.717) is 12.8 Å². The Hall–Kier alpha value is -1.67. The van der Waals surface area contributed by atoms with Gasteiger partial charge < -0.3 is 10.4 Å². The van der Waals surface area contributed by atoms with Crippen LogP contribution in [0.2, 0.25) is 10.0 Å². The molecule has 0 aromatic heterocycles. The molecule has 4 atom stereocenters. The summed E-state index contributed by atoms with van der Waals surface area (Å²) >= 11 is 12.0. The van der Waals surface area contributed by atoms with Gasteiger partial charge in [0.05, 0.1) is 25.8 Å². The summed E-state index contributed by atoms with van der Waals surface area (Å²) in [5, 5.41) is 12.5. The third-order valence-electron chi connectivity index (χ3n) is 6.73. The highest BCUT2D eigenvalue weighted by Crippen LogP contribution is 2.51. The molecule has 0 aliphatic heterocycles. The largest absolute Gasteiger partial charge is 0.390 e. The van der Waals surface area contributed by atoms with Gasteiger partial charge in [0.2, 0.25) is 0 Å². The number of carbonyl (C=O) groups excluding carboxylic acids is 1. The molecule has 2 aliphatic carbocycles. The van der Waals surface area contributed by atoms with Gasteiger partial charge in [-0.05, 0) is 80.8 Å². The molecule has 4 rings (SSSR count). The number of hydrogen-bond acceptors (Lipinski definition) is 4. The SMILES string of the molecule is CC1(O)C2CC[C@H]1CC(S(=O)(=O)c1cc(C(=O)Nc3ccc(F)c(Cl)c3)ccc1Cl)C2. The summed E-state index contributed by atoms with van der Waals surface area (Å²) in [6, 6.07) is 7.84. The van der Waals surface area contributed by atoms with E-state index >= 15 is 0 Å². The Bertz CT molecular complexity index is 1140. The van der Waals surface area contributed by atoms with Gasteiger partial charge in [-0.15, -0.1) is 0 Å². The van der Waals surface area contributed by atoms with Crippen molar-refractivity contribution < 1.29 is 22.7 Å². The van der Waals surface area contributed by atoms with E-state index in [0.717, 1.165) is 18.9 Å². The van der Waals surface area contributed by atoms with Gasteiger partial charge in [0, 0.05) is 11.3 Å². The highest BCUT2D eigenvalue weighted by atomic mass is 35.5. The summed E-state index contributed by atoms with van der Waals surface area (Å²) in [7, 11) is -3.80. The normalized spacial score (nSPS) is 27.8. The average molecular weight is 486 g/mol. The van der Waals surface area contributed by atoms with Crippen LogP contribution < -0.4 is 5.32 Å². The quantitative estimate of drug-likeness (QED) is 0.630. The third-order valence-corrected chi connectivity index (χ3v) is 9.67. The van der Waals surface area contributed by atoms with Gasteiger partial charge in [-0.3, -0.25) is 4.79 Å². The predicted octanol–water partition coefficient (Wildman–Crippen LogP) is 5.10. The fraction of sp³-hybridized carbons (Fsp3) is 0.409. The summed E-state index contributed by atoms with van der Waals surface area (Å²) in [4.78, 5) is 12.6. The molecule has 2 saturated carbocycles. The topological polar surface area (TPSA) is 83.5 Å². The standard InChI is InChI=1S/C22H22Cl2FNO4S/c1-22(28)13-3-4-14(22)10-16(9-13)31(29,30)20-8-12(2-6-17(20)23)21(27)26-15-5-7-19(25)18(24)11-15/h2,5-8,11,13-14,16,28H,3-4,9-10H2,1H3,(H,26,27)/t13-,14?,16?,22?/m0/s1. The molecular formula is C22H22Cl2FNO4S. The molecule has 0 radical (unpaired) electrons.